The van der Waals surface area contributed by atoms with Crippen molar-refractivity contribution in [2.75, 3.05) is 39.4 Å². The van der Waals surface area contributed by atoms with Crippen LogP contribution in [0.1, 0.15) is 26.2 Å². The summed E-state index contributed by atoms with van der Waals surface area (Å²) in [4.78, 5) is 2.61. The Bertz CT molecular complexity index is 180. The highest BCUT2D eigenvalue weighted by molar-refractivity contribution is 4.75. The second kappa shape index (κ2) is 5.83. The van der Waals surface area contributed by atoms with E-state index in [1.165, 1.54) is 38.9 Å². The van der Waals surface area contributed by atoms with Gasteiger partial charge in [0.2, 0.25) is 0 Å². The summed E-state index contributed by atoms with van der Waals surface area (Å²) in [5.41, 5.74) is 0. The number of hydrogen-bond acceptors (Lipinski definition) is 3. The predicted molar refractivity (Wildman–Crippen MR) is 62.1 cm³/mol. The zero-order chi connectivity index (χ0) is 10.5. The quantitative estimate of drug-likeness (QED) is 0.742. The fraction of sp³-hybridized carbons (Fsp3) is 1.00. The largest absolute Gasteiger partial charge is 0.381 e. The minimum atomic E-state index is 0.692. The molecular weight excluding hydrogens is 188 g/mol. The highest BCUT2D eigenvalue weighted by Crippen LogP contribution is 2.15. The number of rotatable bonds is 2. The number of ether oxygens (including phenoxy) is 1. The number of nitrogens with one attached hydrogen (secondary N) is 1. The van der Waals surface area contributed by atoms with Gasteiger partial charge >= 0.3 is 0 Å². The summed E-state index contributed by atoms with van der Waals surface area (Å²) in [6.07, 6.45) is 3.90. The molecule has 2 rings (SSSR count). The molecule has 0 aliphatic carbocycles. The molecule has 2 atom stereocenters. The second-order valence-electron chi connectivity index (χ2n) is 5.03. The molecule has 15 heavy (non-hydrogen) atoms. The van der Waals surface area contributed by atoms with Gasteiger partial charge in [0, 0.05) is 32.3 Å². The van der Waals surface area contributed by atoms with Gasteiger partial charge in [-0.3, -0.25) is 0 Å². The minimum absolute atomic E-state index is 0.692. The SMILES string of the molecule is CC1CCN(CC2CCCOC2)CCN1. The minimum Gasteiger partial charge on any atom is -0.381 e. The molecule has 0 aromatic rings. The molecule has 1 N–H and O–H groups in total. The van der Waals surface area contributed by atoms with E-state index in [1.54, 1.807) is 0 Å². The van der Waals surface area contributed by atoms with Gasteiger partial charge in [-0.2, -0.15) is 0 Å². The van der Waals surface area contributed by atoms with Gasteiger partial charge in [-0.05, 0) is 38.6 Å². The van der Waals surface area contributed by atoms with Crippen LogP contribution in [0.4, 0.5) is 0 Å². The molecule has 3 nitrogen and oxygen atoms in total. The van der Waals surface area contributed by atoms with Crippen LogP contribution in [0.15, 0.2) is 0 Å². The highest BCUT2D eigenvalue weighted by Gasteiger charge is 2.19. The van der Waals surface area contributed by atoms with Gasteiger partial charge in [0.15, 0.2) is 0 Å². The molecule has 0 radical (unpaired) electrons. The average molecular weight is 212 g/mol. The first-order chi connectivity index (χ1) is 7.34. The van der Waals surface area contributed by atoms with Gasteiger partial charge < -0.3 is 15.0 Å². The van der Waals surface area contributed by atoms with Gasteiger partial charge in [-0.1, -0.05) is 0 Å². The van der Waals surface area contributed by atoms with E-state index in [1.807, 2.05) is 0 Å². The van der Waals surface area contributed by atoms with Crippen LogP contribution in [0.5, 0.6) is 0 Å². The molecule has 2 saturated heterocycles. The van der Waals surface area contributed by atoms with Crippen LogP contribution in [-0.4, -0.2) is 50.3 Å². The van der Waals surface area contributed by atoms with Crippen LogP contribution in [0.2, 0.25) is 0 Å². The molecule has 2 aliphatic rings. The van der Waals surface area contributed by atoms with Crippen molar-refractivity contribution in [3.8, 4) is 0 Å². The molecule has 0 amide bonds. The van der Waals surface area contributed by atoms with Crippen molar-refractivity contribution in [2.45, 2.75) is 32.2 Å². The fourth-order valence-corrected chi connectivity index (χ4v) is 2.56. The van der Waals surface area contributed by atoms with E-state index in [4.69, 9.17) is 4.74 Å². The lowest BCUT2D eigenvalue weighted by Crippen LogP contribution is -2.35. The number of nitrogens with zero attached hydrogens (tertiary/aromatic N) is 1. The van der Waals surface area contributed by atoms with E-state index in [0.29, 0.717) is 6.04 Å². The van der Waals surface area contributed by atoms with E-state index >= 15 is 0 Å². The Labute approximate surface area is 93.2 Å². The molecule has 0 aromatic heterocycles. The van der Waals surface area contributed by atoms with Crippen LogP contribution >= 0.6 is 0 Å². The van der Waals surface area contributed by atoms with Gasteiger partial charge in [0.1, 0.15) is 0 Å². The topological polar surface area (TPSA) is 24.5 Å². The number of hydrogen-bond donors (Lipinski definition) is 1. The van der Waals surface area contributed by atoms with Gasteiger partial charge in [0.25, 0.3) is 0 Å². The lowest BCUT2D eigenvalue weighted by molar-refractivity contribution is 0.0393. The molecule has 88 valence electrons. The Morgan fingerprint density at radius 3 is 3.07 bits per heavy atom. The standard InChI is InChI=1S/C12H24N2O/c1-11-4-6-14(7-5-13-11)9-12-3-2-8-15-10-12/h11-13H,2-10H2,1H3. The summed E-state index contributed by atoms with van der Waals surface area (Å²) < 4.78 is 5.53. The highest BCUT2D eigenvalue weighted by atomic mass is 16.5. The molecule has 2 unspecified atom stereocenters. The maximum Gasteiger partial charge on any atom is 0.0506 e. The maximum atomic E-state index is 5.53. The van der Waals surface area contributed by atoms with Crippen LogP contribution < -0.4 is 5.32 Å². The molecule has 0 aromatic carbocycles. The molecule has 0 bridgehead atoms. The molecule has 0 saturated carbocycles. The predicted octanol–water partition coefficient (Wildman–Crippen LogP) is 1.10. The van der Waals surface area contributed by atoms with E-state index in [9.17, 15) is 0 Å². The van der Waals surface area contributed by atoms with Crippen molar-refractivity contribution in [1.82, 2.24) is 10.2 Å². The summed E-state index contributed by atoms with van der Waals surface area (Å²) in [6.45, 7) is 9.11. The normalized spacial score (nSPS) is 35.0. The Balaban J connectivity index is 1.72. The summed E-state index contributed by atoms with van der Waals surface area (Å²) in [6, 6.07) is 0.692. The molecule has 2 aliphatic heterocycles. The van der Waals surface area contributed by atoms with E-state index in [2.05, 4.69) is 17.1 Å². The molecule has 3 heteroatoms. The van der Waals surface area contributed by atoms with Crippen molar-refractivity contribution >= 4 is 0 Å². The Kier molecular flexibility index (Phi) is 4.42. The molecular formula is C12H24N2O. The smallest absolute Gasteiger partial charge is 0.0506 e. The monoisotopic (exact) mass is 212 g/mol. The van der Waals surface area contributed by atoms with Crippen molar-refractivity contribution in [3.63, 3.8) is 0 Å². The first-order valence-corrected chi connectivity index (χ1v) is 6.38. The Morgan fingerprint density at radius 1 is 1.33 bits per heavy atom. The Hall–Kier alpha value is -0.120. The summed E-state index contributed by atoms with van der Waals surface area (Å²) >= 11 is 0. The zero-order valence-corrected chi connectivity index (χ0v) is 9.87. The third-order valence-corrected chi connectivity index (χ3v) is 3.57. The second-order valence-corrected chi connectivity index (χ2v) is 5.03. The van der Waals surface area contributed by atoms with Crippen molar-refractivity contribution in [1.29, 1.82) is 0 Å². The third-order valence-electron chi connectivity index (χ3n) is 3.57. The molecule has 2 heterocycles. The van der Waals surface area contributed by atoms with Gasteiger partial charge in [0.05, 0.1) is 6.61 Å². The van der Waals surface area contributed by atoms with E-state index < -0.39 is 0 Å². The fourth-order valence-electron chi connectivity index (χ4n) is 2.56. The zero-order valence-electron chi connectivity index (χ0n) is 9.87. The third kappa shape index (κ3) is 3.74. The molecule has 2 fully saturated rings. The van der Waals surface area contributed by atoms with Crippen LogP contribution in [-0.2, 0) is 4.74 Å². The average Bonchev–Trinajstić information content (AvgIpc) is 2.46. The maximum absolute atomic E-state index is 5.53. The first kappa shape index (κ1) is 11.4. The Morgan fingerprint density at radius 2 is 2.27 bits per heavy atom. The van der Waals surface area contributed by atoms with Crippen molar-refractivity contribution in [2.24, 2.45) is 5.92 Å². The van der Waals surface area contributed by atoms with E-state index in [-0.39, 0.29) is 0 Å². The van der Waals surface area contributed by atoms with Crippen LogP contribution in [0.25, 0.3) is 0 Å². The summed E-state index contributed by atoms with van der Waals surface area (Å²) in [7, 11) is 0. The summed E-state index contributed by atoms with van der Waals surface area (Å²) in [5.74, 6) is 0.784. The summed E-state index contributed by atoms with van der Waals surface area (Å²) in [5, 5.41) is 3.54. The van der Waals surface area contributed by atoms with Crippen LogP contribution in [0.3, 0.4) is 0 Å². The lowest BCUT2D eigenvalue weighted by atomic mass is 10.0. The van der Waals surface area contributed by atoms with Gasteiger partial charge in [-0.15, -0.1) is 0 Å². The lowest BCUT2D eigenvalue weighted by Gasteiger charge is -2.28. The first-order valence-electron chi connectivity index (χ1n) is 6.38. The van der Waals surface area contributed by atoms with Crippen LogP contribution in [0, 0.1) is 5.92 Å². The van der Waals surface area contributed by atoms with Crippen molar-refractivity contribution in [3.05, 3.63) is 0 Å². The van der Waals surface area contributed by atoms with E-state index in [0.717, 1.165) is 25.7 Å². The van der Waals surface area contributed by atoms with Crippen molar-refractivity contribution < 1.29 is 4.74 Å². The van der Waals surface area contributed by atoms with Gasteiger partial charge in [-0.25, -0.2) is 0 Å². The molecule has 0 spiro atoms.